The summed E-state index contributed by atoms with van der Waals surface area (Å²) in [6.07, 6.45) is 1.80. The van der Waals surface area contributed by atoms with E-state index < -0.39 is 0 Å². The van der Waals surface area contributed by atoms with Crippen LogP contribution in [0.5, 0.6) is 11.5 Å². The van der Waals surface area contributed by atoms with Crippen LogP contribution in [0.3, 0.4) is 0 Å². The molecule has 1 saturated heterocycles. The molecule has 1 unspecified atom stereocenters. The summed E-state index contributed by atoms with van der Waals surface area (Å²) in [7, 11) is 3.10. The van der Waals surface area contributed by atoms with Crippen LogP contribution in [-0.4, -0.2) is 67.2 Å². The molecule has 0 spiro atoms. The highest BCUT2D eigenvalue weighted by Crippen LogP contribution is 2.37. The summed E-state index contributed by atoms with van der Waals surface area (Å²) in [5.41, 5.74) is 1.46. The fourth-order valence-electron chi connectivity index (χ4n) is 4.06. The summed E-state index contributed by atoms with van der Waals surface area (Å²) in [6, 6.07) is 5.27. The number of aliphatic hydroxyl groups is 1. The van der Waals surface area contributed by atoms with E-state index in [1.165, 1.54) is 4.90 Å². The Kier molecular flexibility index (Phi) is 6.47. The molecule has 0 aliphatic carbocycles. The molecule has 1 fully saturated rings. The Balaban J connectivity index is 2.09. The Labute approximate surface area is 171 Å². The molecule has 7 heteroatoms. The molecule has 1 aromatic rings. The summed E-state index contributed by atoms with van der Waals surface area (Å²) < 4.78 is 10.7. The monoisotopic (exact) mass is 402 g/mol. The van der Waals surface area contributed by atoms with Gasteiger partial charge in [0.25, 0.3) is 11.8 Å². The Morgan fingerprint density at radius 3 is 2.48 bits per heavy atom. The first-order chi connectivity index (χ1) is 13.9. The Morgan fingerprint density at radius 2 is 1.86 bits per heavy atom. The van der Waals surface area contributed by atoms with Gasteiger partial charge >= 0.3 is 0 Å². The van der Waals surface area contributed by atoms with Gasteiger partial charge in [-0.1, -0.05) is 19.9 Å². The van der Waals surface area contributed by atoms with Crippen LogP contribution in [0.15, 0.2) is 23.9 Å². The van der Waals surface area contributed by atoms with E-state index in [9.17, 15) is 14.7 Å². The van der Waals surface area contributed by atoms with Crippen molar-refractivity contribution in [1.29, 1.82) is 0 Å². The lowest BCUT2D eigenvalue weighted by atomic mass is 9.96. The minimum absolute atomic E-state index is 0.0767. The number of hydrogen-bond donors (Lipinski definition) is 1. The van der Waals surface area contributed by atoms with Gasteiger partial charge in [-0.15, -0.1) is 0 Å². The maximum Gasteiger partial charge on any atom is 0.277 e. The van der Waals surface area contributed by atoms with Crippen molar-refractivity contribution in [2.24, 2.45) is 11.8 Å². The van der Waals surface area contributed by atoms with E-state index in [-0.39, 0.29) is 30.3 Å². The summed E-state index contributed by atoms with van der Waals surface area (Å²) in [4.78, 5) is 29.9. The third-order valence-electron chi connectivity index (χ3n) is 5.46. The molecular formula is C22H30N2O5. The highest BCUT2D eigenvalue weighted by atomic mass is 16.5. The van der Waals surface area contributed by atoms with Crippen molar-refractivity contribution in [3.8, 4) is 11.5 Å². The number of rotatable bonds is 7. The largest absolute Gasteiger partial charge is 0.493 e. The molecule has 0 radical (unpaired) electrons. The van der Waals surface area contributed by atoms with Crippen LogP contribution < -0.4 is 9.47 Å². The molecule has 29 heavy (non-hydrogen) atoms. The Bertz CT molecular complexity index is 817. The number of methoxy groups -OCH3 is 2. The van der Waals surface area contributed by atoms with Gasteiger partial charge in [-0.25, -0.2) is 0 Å². The zero-order chi connectivity index (χ0) is 21.1. The summed E-state index contributed by atoms with van der Waals surface area (Å²) in [6.45, 7) is 5.67. The van der Waals surface area contributed by atoms with E-state index in [0.29, 0.717) is 48.0 Å². The van der Waals surface area contributed by atoms with Crippen LogP contribution in [-0.2, 0) is 9.59 Å². The number of benzene rings is 1. The van der Waals surface area contributed by atoms with Gasteiger partial charge in [0, 0.05) is 26.2 Å². The lowest BCUT2D eigenvalue weighted by Gasteiger charge is -2.34. The minimum atomic E-state index is -0.281. The number of aliphatic hydroxyl groups excluding tert-OH is 1. The maximum absolute atomic E-state index is 13.3. The number of nitrogens with zero attached hydrogens (tertiary/aromatic N) is 2. The highest BCUT2D eigenvalue weighted by Gasteiger charge is 2.42. The number of imide groups is 1. The van der Waals surface area contributed by atoms with Gasteiger partial charge in [0.15, 0.2) is 11.5 Å². The molecule has 158 valence electrons. The second kappa shape index (κ2) is 8.86. The average molecular weight is 402 g/mol. The SMILES string of the molecule is COc1ccc(C2=C(N3CCCC(CO)C3)C(=O)N(CC(C)C)C2=O)cc1OC. The molecular weight excluding hydrogens is 372 g/mol. The number of piperidine rings is 1. The van der Waals surface area contributed by atoms with Gasteiger partial charge in [-0.2, -0.15) is 0 Å². The van der Waals surface area contributed by atoms with E-state index in [1.54, 1.807) is 32.4 Å². The number of hydrogen-bond acceptors (Lipinski definition) is 6. The second-order valence-corrected chi connectivity index (χ2v) is 8.04. The number of carbonyl (C=O) groups excluding carboxylic acids is 2. The van der Waals surface area contributed by atoms with E-state index >= 15 is 0 Å². The van der Waals surface area contributed by atoms with Gasteiger partial charge in [-0.3, -0.25) is 14.5 Å². The zero-order valence-electron chi connectivity index (χ0n) is 17.6. The Morgan fingerprint density at radius 1 is 1.14 bits per heavy atom. The minimum Gasteiger partial charge on any atom is -0.493 e. The molecule has 7 nitrogen and oxygen atoms in total. The normalized spacial score (nSPS) is 20.1. The summed E-state index contributed by atoms with van der Waals surface area (Å²) >= 11 is 0. The number of ether oxygens (including phenoxy) is 2. The molecule has 0 aromatic heterocycles. The fraction of sp³-hybridized carbons (Fsp3) is 0.545. The maximum atomic E-state index is 13.3. The molecule has 2 aliphatic rings. The second-order valence-electron chi connectivity index (χ2n) is 8.04. The molecule has 1 aromatic carbocycles. The fourth-order valence-corrected chi connectivity index (χ4v) is 4.06. The van der Waals surface area contributed by atoms with E-state index in [1.807, 2.05) is 18.7 Å². The van der Waals surface area contributed by atoms with Crippen LogP contribution in [0.25, 0.3) is 5.57 Å². The van der Waals surface area contributed by atoms with Crippen molar-refractivity contribution in [1.82, 2.24) is 9.80 Å². The summed E-state index contributed by atoms with van der Waals surface area (Å²) in [5.74, 6) is 0.799. The van der Waals surface area contributed by atoms with Crippen molar-refractivity contribution >= 4 is 17.4 Å². The van der Waals surface area contributed by atoms with Crippen LogP contribution in [0.4, 0.5) is 0 Å². The van der Waals surface area contributed by atoms with Crippen molar-refractivity contribution in [3.63, 3.8) is 0 Å². The first kappa shape index (κ1) is 21.2. The van der Waals surface area contributed by atoms with Gasteiger partial charge in [0.1, 0.15) is 5.70 Å². The third-order valence-corrected chi connectivity index (χ3v) is 5.46. The highest BCUT2D eigenvalue weighted by molar-refractivity contribution is 6.35. The van der Waals surface area contributed by atoms with Crippen molar-refractivity contribution in [2.75, 3.05) is 40.5 Å². The molecule has 2 aliphatic heterocycles. The van der Waals surface area contributed by atoms with Crippen LogP contribution in [0, 0.1) is 11.8 Å². The lowest BCUT2D eigenvalue weighted by Crippen LogP contribution is -2.41. The number of likely N-dealkylation sites (tertiary alicyclic amines) is 1. The van der Waals surface area contributed by atoms with Crippen LogP contribution >= 0.6 is 0 Å². The molecule has 1 N–H and O–H groups in total. The molecule has 2 amide bonds. The van der Waals surface area contributed by atoms with Gasteiger partial charge in [0.05, 0.1) is 19.8 Å². The van der Waals surface area contributed by atoms with Crippen LogP contribution in [0.1, 0.15) is 32.3 Å². The number of carbonyl (C=O) groups is 2. The molecule has 1 atom stereocenters. The predicted molar refractivity (Wildman–Crippen MR) is 109 cm³/mol. The van der Waals surface area contributed by atoms with Gasteiger partial charge in [0.2, 0.25) is 0 Å². The number of amides is 2. The molecule has 0 saturated carbocycles. The van der Waals surface area contributed by atoms with Gasteiger partial charge in [-0.05, 0) is 42.4 Å². The lowest BCUT2D eigenvalue weighted by molar-refractivity contribution is -0.138. The van der Waals surface area contributed by atoms with E-state index in [2.05, 4.69) is 0 Å². The predicted octanol–water partition coefficient (Wildman–Crippen LogP) is 2.14. The third kappa shape index (κ3) is 4.10. The van der Waals surface area contributed by atoms with Crippen molar-refractivity contribution < 1.29 is 24.2 Å². The molecule has 2 heterocycles. The van der Waals surface area contributed by atoms with E-state index in [0.717, 1.165) is 12.8 Å². The average Bonchev–Trinajstić information content (AvgIpc) is 2.97. The smallest absolute Gasteiger partial charge is 0.277 e. The van der Waals surface area contributed by atoms with Gasteiger partial charge < -0.3 is 19.5 Å². The topological polar surface area (TPSA) is 79.3 Å². The Hall–Kier alpha value is -2.54. The standard InChI is InChI=1S/C22H30N2O5/c1-14(2)11-24-21(26)19(16-7-8-17(28-3)18(10-16)29-4)20(22(24)27)23-9-5-6-15(12-23)13-25/h7-8,10,14-15,25H,5-6,9,11-13H2,1-4H3. The first-order valence-corrected chi connectivity index (χ1v) is 10.1. The van der Waals surface area contributed by atoms with E-state index in [4.69, 9.17) is 9.47 Å². The quantitative estimate of drug-likeness (QED) is 0.704. The van der Waals surface area contributed by atoms with Crippen molar-refractivity contribution in [2.45, 2.75) is 26.7 Å². The molecule has 3 rings (SSSR count). The molecule has 0 bridgehead atoms. The first-order valence-electron chi connectivity index (χ1n) is 10.1. The van der Waals surface area contributed by atoms with Crippen LogP contribution in [0.2, 0.25) is 0 Å². The summed E-state index contributed by atoms with van der Waals surface area (Å²) in [5, 5.41) is 9.61. The van der Waals surface area contributed by atoms with Crippen molar-refractivity contribution in [3.05, 3.63) is 29.5 Å². The zero-order valence-corrected chi connectivity index (χ0v) is 17.6.